The first kappa shape index (κ1) is 8.56. The molecule has 0 radical (unpaired) electrons. The zero-order valence-electron chi connectivity index (χ0n) is 7.38. The average molecular weight is 183 g/mol. The molecule has 4 heteroatoms. The lowest BCUT2D eigenvalue weighted by Gasteiger charge is -2.13. The van der Waals surface area contributed by atoms with Gasteiger partial charge in [-0.1, -0.05) is 0 Å². The molecule has 2 N–H and O–H groups in total. The van der Waals surface area contributed by atoms with Crippen LogP contribution in [0.25, 0.3) is 0 Å². The Kier molecular flexibility index (Phi) is 2.00. The van der Waals surface area contributed by atoms with Crippen molar-refractivity contribution in [2.75, 3.05) is 13.2 Å². The highest BCUT2D eigenvalue weighted by molar-refractivity contribution is 5.94. The fraction of sp³-hybridized carbons (Fsp3) is 0.667. The minimum Gasteiger partial charge on any atom is -0.500 e. The van der Waals surface area contributed by atoms with E-state index in [0.29, 0.717) is 18.6 Å². The van der Waals surface area contributed by atoms with Gasteiger partial charge < -0.3 is 15.2 Å². The fourth-order valence-electron chi connectivity index (χ4n) is 1.35. The summed E-state index contributed by atoms with van der Waals surface area (Å²) in [6.45, 7) is 0.627. The molecule has 1 amide bonds. The molecule has 72 valence electrons. The van der Waals surface area contributed by atoms with E-state index in [1.165, 1.54) is 6.26 Å². The summed E-state index contributed by atoms with van der Waals surface area (Å²) in [5.74, 6) is -0.0935. The second-order valence-corrected chi connectivity index (χ2v) is 3.66. The Morgan fingerprint density at radius 2 is 2.46 bits per heavy atom. The number of rotatable bonds is 3. The smallest absolute Gasteiger partial charge is 0.250 e. The predicted molar refractivity (Wildman–Crippen MR) is 45.8 cm³/mol. The molecule has 2 aliphatic rings. The molecule has 2 rings (SSSR count). The van der Waals surface area contributed by atoms with Crippen LogP contribution in [0, 0.1) is 0 Å². The standard InChI is InChI=1S/C9H13NO3/c11-6-9(2-3-9)10-8(12)7-1-4-13-5-7/h5,11H,1-4,6H2,(H,10,12). The number of carbonyl (C=O) groups is 1. The van der Waals surface area contributed by atoms with E-state index in [1.54, 1.807) is 0 Å². The molecule has 13 heavy (non-hydrogen) atoms. The minimum atomic E-state index is -0.319. The zero-order chi connectivity index (χ0) is 9.31. The highest BCUT2D eigenvalue weighted by Crippen LogP contribution is 2.35. The Bertz CT molecular complexity index is 256. The Morgan fingerprint density at radius 1 is 1.69 bits per heavy atom. The zero-order valence-corrected chi connectivity index (χ0v) is 7.38. The van der Waals surface area contributed by atoms with Crippen molar-refractivity contribution < 1.29 is 14.6 Å². The summed E-state index contributed by atoms with van der Waals surface area (Å²) in [5, 5.41) is 11.8. The quantitative estimate of drug-likeness (QED) is 0.644. The molecule has 1 aliphatic heterocycles. The van der Waals surface area contributed by atoms with E-state index in [0.717, 1.165) is 12.8 Å². The fourth-order valence-corrected chi connectivity index (χ4v) is 1.35. The van der Waals surface area contributed by atoms with Gasteiger partial charge in [-0.05, 0) is 12.8 Å². The molecule has 1 heterocycles. The molecule has 0 aromatic carbocycles. The highest BCUT2D eigenvalue weighted by Gasteiger charge is 2.43. The predicted octanol–water partition coefficient (Wildman–Crippen LogP) is -0.0683. The number of carbonyl (C=O) groups excluding carboxylic acids is 1. The van der Waals surface area contributed by atoms with Crippen LogP contribution in [0.2, 0.25) is 0 Å². The van der Waals surface area contributed by atoms with E-state index in [1.807, 2.05) is 0 Å². The van der Waals surface area contributed by atoms with Crippen molar-refractivity contribution >= 4 is 5.91 Å². The summed E-state index contributed by atoms with van der Waals surface area (Å²) in [5.41, 5.74) is 0.361. The maximum atomic E-state index is 11.5. The molecule has 1 aliphatic carbocycles. The van der Waals surface area contributed by atoms with Crippen LogP contribution in [-0.2, 0) is 9.53 Å². The maximum absolute atomic E-state index is 11.5. The van der Waals surface area contributed by atoms with Gasteiger partial charge in [0.15, 0.2) is 0 Å². The normalized spacial score (nSPS) is 23.3. The monoisotopic (exact) mass is 183 g/mol. The van der Waals surface area contributed by atoms with Gasteiger partial charge >= 0.3 is 0 Å². The first-order chi connectivity index (χ1) is 6.26. The molecule has 0 saturated heterocycles. The number of hydrogen-bond donors (Lipinski definition) is 2. The molecular weight excluding hydrogens is 170 g/mol. The van der Waals surface area contributed by atoms with E-state index < -0.39 is 0 Å². The van der Waals surface area contributed by atoms with Crippen molar-refractivity contribution in [2.45, 2.75) is 24.8 Å². The molecule has 0 aromatic heterocycles. The summed E-state index contributed by atoms with van der Waals surface area (Å²) >= 11 is 0. The number of amides is 1. The maximum Gasteiger partial charge on any atom is 0.250 e. The van der Waals surface area contributed by atoms with Crippen molar-refractivity contribution in [2.24, 2.45) is 0 Å². The van der Waals surface area contributed by atoms with Gasteiger partial charge in [-0.2, -0.15) is 0 Å². The van der Waals surface area contributed by atoms with Crippen LogP contribution in [0.15, 0.2) is 11.8 Å². The lowest BCUT2D eigenvalue weighted by Crippen LogP contribution is -2.40. The van der Waals surface area contributed by atoms with E-state index >= 15 is 0 Å². The first-order valence-electron chi connectivity index (χ1n) is 4.50. The molecule has 0 atom stereocenters. The Hall–Kier alpha value is -1.03. The first-order valence-corrected chi connectivity index (χ1v) is 4.50. The molecule has 0 unspecified atom stereocenters. The van der Waals surface area contributed by atoms with Crippen molar-refractivity contribution in [1.29, 1.82) is 0 Å². The van der Waals surface area contributed by atoms with Crippen molar-refractivity contribution in [3.63, 3.8) is 0 Å². The molecular formula is C9H13NO3. The van der Waals surface area contributed by atoms with E-state index in [2.05, 4.69) is 5.32 Å². The van der Waals surface area contributed by atoms with Gasteiger partial charge in [0, 0.05) is 6.42 Å². The minimum absolute atomic E-state index is 0.0346. The van der Waals surface area contributed by atoms with E-state index in [9.17, 15) is 4.79 Å². The summed E-state index contributed by atoms with van der Waals surface area (Å²) in [7, 11) is 0. The lowest BCUT2D eigenvalue weighted by molar-refractivity contribution is -0.118. The molecule has 0 spiro atoms. The summed E-state index contributed by atoms with van der Waals surface area (Å²) in [6.07, 6.45) is 3.93. The molecule has 1 fully saturated rings. The van der Waals surface area contributed by atoms with Crippen LogP contribution in [0.1, 0.15) is 19.3 Å². The molecule has 1 saturated carbocycles. The Labute approximate surface area is 76.6 Å². The van der Waals surface area contributed by atoms with Gasteiger partial charge in [0.1, 0.15) is 0 Å². The van der Waals surface area contributed by atoms with Gasteiger partial charge in [-0.3, -0.25) is 4.79 Å². The Balaban J connectivity index is 1.91. The summed E-state index contributed by atoms with van der Waals surface area (Å²) in [4.78, 5) is 11.5. The SMILES string of the molecule is O=C(NC1(CO)CC1)C1=COCC1. The third kappa shape index (κ3) is 1.67. The average Bonchev–Trinajstić information content (AvgIpc) is 2.69. The number of nitrogens with one attached hydrogen (secondary N) is 1. The van der Waals surface area contributed by atoms with Crippen LogP contribution >= 0.6 is 0 Å². The summed E-state index contributed by atoms with van der Waals surface area (Å²) < 4.78 is 4.96. The summed E-state index contributed by atoms with van der Waals surface area (Å²) in [6, 6.07) is 0. The van der Waals surface area contributed by atoms with E-state index in [4.69, 9.17) is 9.84 Å². The second kappa shape index (κ2) is 3.03. The third-order valence-electron chi connectivity index (χ3n) is 2.54. The molecule has 4 nitrogen and oxygen atoms in total. The van der Waals surface area contributed by atoms with Crippen molar-refractivity contribution in [3.8, 4) is 0 Å². The number of ether oxygens (including phenoxy) is 1. The van der Waals surface area contributed by atoms with Gasteiger partial charge in [-0.15, -0.1) is 0 Å². The van der Waals surface area contributed by atoms with Gasteiger partial charge in [0.25, 0.3) is 5.91 Å². The van der Waals surface area contributed by atoms with Crippen LogP contribution < -0.4 is 5.32 Å². The van der Waals surface area contributed by atoms with Gasteiger partial charge in [-0.25, -0.2) is 0 Å². The molecule has 0 bridgehead atoms. The van der Waals surface area contributed by atoms with Crippen LogP contribution in [-0.4, -0.2) is 29.8 Å². The Morgan fingerprint density at radius 3 is 2.92 bits per heavy atom. The van der Waals surface area contributed by atoms with Gasteiger partial charge in [0.2, 0.25) is 0 Å². The van der Waals surface area contributed by atoms with Crippen molar-refractivity contribution in [3.05, 3.63) is 11.8 Å². The molecule has 0 aromatic rings. The lowest BCUT2D eigenvalue weighted by atomic mass is 10.2. The second-order valence-electron chi connectivity index (χ2n) is 3.66. The number of aliphatic hydroxyl groups is 1. The van der Waals surface area contributed by atoms with E-state index in [-0.39, 0.29) is 18.1 Å². The topological polar surface area (TPSA) is 58.6 Å². The largest absolute Gasteiger partial charge is 0.500 e. The van der Waals surface area contributed by atoms with Gasteiger partial charge in [0.05, 0.1) is 30.6 Å². The highest BCUT2D eigenvalue weighted by atomic mass is 16.5. The van der Waals surface area contributed by atoms with Crippen LogP contribution in [0.4, 0.5) is 0 Å². The van der Waals surface area contributed by atoms with Crippen LogP contribution in [0.3, 0.4) is 0 Å². The van der Waals surface area contributed by atoms with Crippen LogP contribution in [0.5, 0.6) is 0 Å². The van der Waals surface area contributed by atoms with Crippen molar-refractivity contribution in [1.82, 2.24) is 5.32 Å². The number of hydrogen-bond acceptors (Lipinski definition) is 3. The third-order valence-corrected chi connectivity index (χ3v) is 2.54. The number of aliphatic hydroxyl groups excluding tert-OH is 1.